The van der Waals surface area contributed by atoms with E-state index in [1.165, 1.54) is 12.1 Å². The van der Waals surface area contributed by atoms with Crippen LogP contribution in [0.3, 0.4) is 0 Å². The second-order valence-electron chi connectivity index (χ2n) is 6.41. The minimum Gasteiger partial charge on any atom is -0.505 e. The Morgan fingerprint density at radius 3 is 2.42 bits per heavy atom. The van der Waals surface area contributed by atoms with Crippen molar-refractivity contribution in [1.29, 1.82) is 10.8 Å². The highest BCUT2D eigenvalue weighted by Crippen LogP contribution is 2.39. The molecule has 0 saturated heterocycles. The predicted molar refractivity (Wildman–Crippen MR) is 100 cm³/mol. The average Bonchev–Trinajstić information content (AvgIpc) is 2.59. The lowest BCUT2D eigenvalue weighted by molar-refractivity contribution is 0.466. The van der Waals surface area contributed by atoms with Crippen molar-refractivity contribution in [3.63, 3.8) is 0 Å². The van der Waals surface area contributed by atoms with Gasteiger partial charge in [-0.05, 0) is 43.7 Å². The lowest BCUT2D eigenvalue weighted by Crippen LogP contribution is -2.38. The summed E-state index contributed by atoms with van der Waals surface area (Å²) in [6, 6.07) is 9.40. The summed E-state index contributed by atoms with van der Waals surface area (Å²) < 4.78 is 18.2. The van der Waals surface area contributed by atoms with E-state index in [1.54, 1.807) is 24.3 Å². The summed E-state index contributed by atoms with van der Waals surface area (Å²) in [4.78, 5) is 0. The van der Waals surface area contributed by atoms with Gasteiger partial charge in [0.25, 0.3) is 0 Å². The number of phenolic OH excluding ortho intramolecular Hbond substituents is 1. The number of benzene rings is 2. The van der Waals surface area contributed by atoms with Gasteiger partial charge in [-0.2, -0.15) is 0 Å². The summed E-state index contributed by atoms with van der Waals surface area (Å²) in [6.07, 6.45) is 0.128. The summed E-state index contributed by atoms with van der Waals surface area (Å²) in [6.45, 7) is 4.03. The van der Waals surface area contributed by atoms with Crippen LogP contribution in [0, 0.1) is 16.6 Å². The molecule has 7 heteroatoms. The fourth-order valence-corrected chi connectivity index (χ4v) is 2.77. The lowest BCUT2D eigenvalue weighted by Gasteiger charge is -2.32. The summed E-state index contributed by atoms with van der Waals surface area (Å²) >= 11 is 0. The van der Waals surface area contributed by atoms with Crippen LogP contribution in [-0.4, -0.2) is 29.0 Å². The molecule has 2 aromatic rings. The molecule has 2 atom stereocenters. The standard InChI is InChI=1S/C19H21FN4O2/c1-10-11(2)24-17-15(23-10)8-7-14(18(17)25)19(22)26-16(21)9-12-3-5-13(20)6-4-12/h3-8,10-11,21-25H,9H2,1-2H3. The van der Waals surface area contributed by atoms with Gasteiger partial charge >= 0.3 is 0 Å². The summed E-state index contributed by atoms with van der Waals surface area (Å²) in [5, 5.41) is 33.0. The Kier molecular flexibility index (Phi) is 4.79. The maximum Gasteiger partial charge on any atom is 0.224 e. The molecule has 0 bridgehead atoms. The SMILES string of the molecule is CC1Nc2ccc(C(=N)OC(=N)Cc3ccc(F)cc3)c(O)c2NC1C. The molecule has 0 aromatic heterocycles. The van der Waals surface area contributed by atoms with Gasteiger partial charge in [-0.15, -0.1) is 0 Å². The topological polar surface area (TPSA) is 101 Å². The highest BCUT2D eigenvalue weighted by atomic mass is 19.1. The van der Waals surface area contributed by atoms with Gasteiger partial charge in [0.05, 0.1) is 11.3 Å². The van der Waals surface area contributed by atoms with Crippen molar-refractivity contribution < 1.29 is 14.2 Å². The van der Waals surface area contributed by atoms with Crippen molar-refractivity contribution in [2.75, 3.05) is 10.6 Å². The Hall–Kier alpha value is -3.09. The molecule has 1 aliphatic rings. The number of rotatable bonds is 3. The smallest absolute Gasteiger partial charge is 0.224 e. The van der Waals surface area contributed by atoms with E-state index in [2.05, 4.69) is 10.6 Å². The van der Waals surface area contributed by atoms with Crippen LogP contribution >= 0.6 is 0 Å². The number of halogens is 1. The van der Waals surface area contributed by atoms with E-state index in [0.29, 0.717) is 11.3 Å². The molecule has 3 rings (SSSR count). The van der Waals surface area contributed by atoms with Crippen LogP contribution in [0.5, 0.6) is 5.75 Å². The van der Waals surface area contributed by atoms with Crippen molar-refractivity contribution in [2.45, 2.75) is 32.4 Å². The fraction of sp³-hybridized carbons (Fsp3) is 0.263. The molecular formula is C19H21FN4O2. The van der Waals surface area contributed by atoms with E-state index in [0.717, 1.165) is 5.69 Å². The molecule has 1 heterocycles. The van der Waals surface area contributed by atoms with Gasteiger partial charge < -0.3 is 20.5 Å². The number of ether oxygens (including phenoxy) is 1. The number of hydrogen-bond acceptors (Lipinski definition) is 6. The zero-order valence-electron chi connectivity index (χ0n) is 14.6. The van der Waals surface area contributed by atoms with Crippen molar-refractivity contribution in [3.05, 3.63) is 53.3 Å². The summed E-state index contributed by atoms with van der Waals surface area (Å²) in [5.74, 6) is -0.914. The Morgan fingerprint density at radius 2 is 1.73 bits per heavy atom. The van der Waals surface area contributed by atoms with Crippen LogP contribution in [0.25, 0.3) is 0 Å². The van der Waals surface area contributed by atoms with Crippen LogP contribution in [0.2, 0.25) is 0 Å². The molecule has 0 aliphatic carbocycles. The number of hydrogen-bond donors (Lipinski definition) is 5. The maximum absolute atomic E-state index is 12.9. The number of aromatic hydroxyl groups is 1. The number of phenols is 1. The Labute approximate surface area is 151 Å². The largest absolute Gasteiger partial charge is 0.505 e. The van der Waals surface area contributed by atoms with E-state index in [4.69, 9.17) is 15.6 Å². The average molecular weight is 356 g/mol. The molecule has 0 spiro atoms. The monoisotopic (exact) mass is 356 g/mol. The highest BCUT2D eigenvalue weighted by molar-refractivity contribution is 6.04. The first-order chi connectivity index (χ1) is 12.3. The Bertz CT molecular complexity index is 851. The van der Waals surface area contributed by atoms with Crippen molar-refractivity contribution in [1.82, 2.24) is 0 Å². The van der Waals surface area contributed by atoms with Gasteiger partial charge in [0.2, 0.25) is 5.90 Å². The first-order valence-electron chi connectivity index (χ1n) is 8.33. The van der Waals surface area contributed by atoms with E-state index < -0.39 is 0 Å². The lowest BCUT2D eigenvalue weighted by atomic mass is 10.0. The zero-order valence-corrected chi connectivity index (χ0v) is 14.6. The van der Waals surface area contributed by atoms with Crippen LogP contribution in [0.1, 0.15) is 25.0 Å². The first-order valence-corrected chi connectivity index (χ1v) is 8.33. The van der Waals surface area contributed by atoms with Crippen molar-refractivity contribution in [3.8, 4) is 5.75 Å². The third-order valence-corrected chi connectivity index (χ3v) is 4.43. The maximum atomic E-state index is 12.9. The van der Waals surface area contributed by atoms with Gasteiger partial charge in [0.1, 0.15) is 11.5 Å². The normalized spacial score (nSPS) is 18.3. The minimum atomic E-state index is -0.349. The molecule has 6 nitrogen and oxygen atoms in total. The zero-order chi connectivity index (χ0) is 18.8. The molecule has 0 amide bonds. The number of nitrogens with one attached hydrogen (secondary N) is 4. The Balaban J connectivity index is 1.73. The van der Waals surface area contributed by atoms with E-state index in [-0.39, 0.29) is 47.4 Å². The summed E-state index contributed by atoms with van der Waals surface area (Å²) in [7, 11) is 0. The van der Waals surface area contributed by atoms with Crippen LogP contribution in [0.15, 0.2) is 36.4 Å². The Morgan fingerprint density at radius 1 is 1.08 bits per heavy atom. The molecule has 2 unspecified atom stereocenters. The third kappa shape index (κ3) is 3.61. The summed E-state index contributed by atoms with van der Waals surface area (Å²) in [5.41, 5.74) is 2.17. The molecular weight excluding hydrogens is 335 g/mol. The van der Waals surface area contributed by atoms with Crippen LogP contribution in [-0.2, 0) is 11.2 Å². The first kappa shape index (κ1) is 17.7. The number of anilines is 2. The van der Waals surface area contributed by atoms with Gasteiger partial charge in [-0.1, -0.05) is 12.1 Å². The quantitative estimate of drug-likeness (QED) is 0.329. The second-order valence-corrected chi connectivity index (χ2v) is 6.41. The van der Waals surface area contributed by atoms with Crippen LogP contribution < -0.4 is 10.6 Å². The van der Waals surface area contributed by atoms with E-state index in [1.807, 2.05) is 13.8 Å². The molecule has 5 N–H and O–H groups in total. The van der Waals surface area contributed by atoms with Crippen molar-refractivity contribution in [2.24, 2.45) is 0 Å². The molecule has 136 valence electrons. The van der Waals surface area contributed by atoms with Gasteiger partial charge in [0, 0.05) is 18.5 Å². The highest BCUT2D eigenvalue weighted by Gasteiger charge is 2.25. The third-order valence-electron chi connectivity index (χ3n) is 4.43. The minimum absolute atomic E-state index is 0.0895. The van der Waals surface area contributed by atoms with Gasteiger partial charge in [0.15, 0.2) is 11.6 Å². The fourth-order valence-electron chi connectivity index (χ4n) is 2.77. The molecule has 0 radical (unpaired) electrons. The molecule has 0 saturated carbocycles. The molecule has 1 aliphatic heterocycles. The van der Waals surface area contributed by atoms with Crippen molar-refractivity contribution >= 4 is 23.2 Å². The second kappa shape index (κ2) is 7.03. The number of fused-ring (bicyclic) bond motifs is 1. The van der Waals surface area contributed by atoms with Gasteiger partial charge in [-0.25, -0.2) is 4.39 Å². The predicted octanol–water partition coefficient (Wildman–Crippen LogP) is 3.71. The van der Waals surface area contributed by atoms with Crippen LogP contribution in [0.4, 0.5) is 15.8 Å². The molecule has 2 aromatic carbocycles. The van der Waals surface area contributed by atoms with Gasteiger partial charge in [-0.3, -0.25) is 10.8 Å². The van der Waals surface area contributed by atoms with E-state index >= 15 is 0 Å². The molecule has 26 heavy (non-hydrogen) atoms. The molecule has 0 fully saturated rings. The van der Waals surface area contributed by atoms with E-state index in [9.17, 15) is 9.50 Å².